The van der Waals surface area contributed by atoms with Crippen molar-refractivity contribution in [1.29, 1.82) is 0 Å². The summed E-state index contributed by atoms with van der Waals surface area (Å²) < 4.78 is 0. The topological polar surface area (TPSA) is 41.1 Å². The van der Waals surface area contributed by atoms with Crippen molar-refractivity contribution in [2.24, 2.45) is 5.92 Å². The van der Waals surface area contributed by atoms with Crippen molar-refractivity contribution in [2.75, 3.05) is 26.2 Å². The van der Waals surface area contributed by atoms with Crippen LogP contribution in [0.1, 0.15) is 19.8 Å². The molecule has 1 rings (SSSR count). The van der Waals surface area contributed by atoms with Gasteiger partial charge in [0.25, 0.3) is 0 Å². The van der Waals surface area contributed by atoms with Crippen LogP contribution in [-0.2, 0) is 4.79 Å². The molecule has 1 aliphatic rings. The van der Waals surface area contributed by atoms with E-state index in [4.69, 9.17) is 0 Å². The van der Waals surface area contributed by atoms with Crippen LogP contribution in [0.4, 0.5) is 0 Å². The van der Waals surface area contributed by atoms with Crippen LogP contribution in [-0.4, -0.2) is 32.0 Å². The van der Waals surface area contributed by atoms with Crippen LogP contribution < -0.4 is 10.6 Å². The fraction of sp³-hybridized carbons (Fsp3) is 0.889. The Hall–Kier alpha value is -0.410. The zero-order chi connectivity index (χ0) is 8.81. The summed E-state index contributed by atoms with van der Waals surface area (Å²) in [6.07, 6.45) is 2.56. The highest BCUT2D eigenvalue weighted by atomic mass is 16.1. The van der Waals surface area contributed by atoms with Gasteiger partial charge in [0.15, 0.2) is 0 Å². The van der Waals surface area contributed by atoms with E-state index in [1.54, 1.807) is 6.92 Å². The van der Waals surface area contributed by atoms with Gasteiger partial charge >= 0.3 is 0 Å². The first kappa shape index (κ1) is 9.68. The number of carbonyl (C=O) groups excluding carboxylic acids is 1. The normalized spacial score (nSPS) is 23.9. The second kappa shape index (κ2) is 5.27. The summed E-state index contributed by atoms with van der Waals surface area (Å²) >= 11 is 0. The number of hydrogen-bond donors (Lipinski definition) is 2. The van der Waals surface area contributed by atoms with Crippen LogP contribution in [0.2, 0.25) is 0 Å². The van der Waals surface area contributed by atoms with Crippen molar-refractivity contribution >= 4 is 5.78 Å². The van der Waals surface area contributed by atoms with E-state index < -0.39 is 0 Å². The number of piperidine rings is 1. The number of nitrogens with one attached hydrogen (secondary N) is 2. The van der Waals surface area contributed by atoms with Crippen molar-refractivity contribution in [1.82, 2.24) is 10.6 Å². The molecule has 0 amide bonds. The van der Waals surface area contributed by atoms with E-state index in [0.29, 0.717) is 6.54 Å². The van der Waals surface area contributed by atoms with E-state index >= 15 is 0 Å². The van der Waals surface area contributed by atoms with Crippen molar-refractivity contribution in [2.45, 2.75) is 19.8 Å². The summed E-state index contributed by atoms with van der Waals surface area (Å²) in [6.45, 7) is 5.38. The molecule has 12 heavy (non-hydrogen) atoms. The molecule has 0 aromatic rings. The van der Waals surface area contributed by atoms with Crippen molar-refractivity contribution < 1.29 is 4.79 Å². The van der Waals surface area contributed by atoms with Crippen LogP contribution in [0.3, 0.4) is 0 Å². The summed E-state index contributed by atoms with van der Waals surface area (Å²) in [6, 6.07) is 0. The molecule has 1 atom stereocenters. The number of carbonyl (C=O) groups is 1. The Balaban J connectivity index is 2.01. The third kappa shape index (κ3) is 3.83. The van der Waals surface area contributed by atoms with E-state index in [1.807, 2.05) is 0 Å². The molecule has 0 bridgehead atoms. The number of Topliss-reactive ketones (excluding diaryl/α,β-unsaturated/α-hetero) is 1. The average Bonchev–Trinajstić information content (AvgIpc) is 2.05. The molecule has 1 unspecified atom stereocenters. The minimum Gasteiger partial charge on any atom is -0.316 e. The molecule has 1 saturated heterocycles. The molecule has 0 saturated carbocycles. The molecule has 0 aliphatic carbocycles. The smallest absolute Gasteiger partial charge is 0.143 e. The second-order valence-corrected chi connectivity index (χ2v) is 3.55. The third-order valence-corrected chi connectivity index (χ3v) is 2.21. The first-order chi connectivity index (χ1) is 5.79. The molecule has 1 heterocycles. The highest BCUT2D eigenvalue weighted by Gasteiger charge is 2.11. The molecule has 0 aromatic heterocycles. The van der Waals surface area contributed by atoms with Gasteiger partial charge in [0.1, 0.15) is 5.78 Å². The van der Waals surface area contributed by atoms with Gasteiger partial charge in [0, 0.05) is 0 Å². The molecule has 70 valence electrons. The summed E-state index contributed by atoms with van der Waals surface area (Å²) in [5, 5.41) is 6.51. The monoisotopic (exact) mass is 170 g/mol. The first-order valence-electron chi connectivity index (χ1n) is 4.70. The molecule has 2 N–H and O–H groups in total. The van der Waals surface area contributed by atoms with E-state index in [9.17, 15) is 4.79 Å². The number of ketones is 1. The molecule has 1 fully saturated rings. The third-order valence-electron chi connectivity index (χ3n) is 2.21. The standard InChI is InChI=1S/C9H18N2O/c1-8(12)5-11-7-9-3-2-4-10-6-9/h9-11H,2-7H2,1H3. The molecule has 0 radical (unpaired) electrons. The van der Waals surface area contributed by atoms with Gasteiger partial charge in [-0.3, -0.25) is 4.79 Å². The van der Waals surface area contributed by atoms with Gasteiger partial charge in [-0.1, -0.05) is 0 Å². The van der Waals surface area contributed by atoms with Crippen molar-refractivity contribution in [3.63, 3.8) is 0 Å². The Bertz CT molecular complexity index is 141. The van der Waals surface area contributed by atoms with E-state index in [1.165, 1.54) is 12.8 Å². The maximum atomic E-state index is 10.6. The van der Waals surface area contributed by atoms with E-state index in [0.717, 1.165) is 25.6 Å². The van der Waals surface area contributed by atoms with Gasteiger partial charge in [-0.15, -0.1) is 0 Å². The highest BCUT2D eigenvalue weighted by molar-refractivity contribution is 5.77. The van der Waals surface area contributed by atoms with E-state index in [-0.39, 0.29) is 5.78 Å². The van der Waals surface area contributed by atoms with Crippen LogP contribution in [0, 0.1) is 5.92 Å². The zero-order valence-electron chi connectivity index (χ0n) is 7.73. The Morgan fingerprint density at radius 3 is 3.08 bits per heavy atom. The van der Waals surface area contributed by atoms with Gasteiger partial charge in [-0.05, 0) is 45.3 Å². The van der Waals surface area contributed by atoms with Crippen molar-refractivity contribution in [3.8, 4) is 0 Å². The van der Waals surface area contributed by atoms with Crippen LogP contribution >= 0.6 is 0 Å². The van der Waals surface area contributed by atoms with Crippen LogP contribution in [0.25, 0.3) is 0 Å². The second-order valence-electron chi connectivity index (χ2n) is 3.55. The maximum Gasteiger partial charge on any atom is 0.143 e. The zero-order valence-corrected chi connectivity index (χ0v) is 7.73. The Morgan fingerprint density at radius 1 is 1.67 bits per heavy atom. The van der Waals surface area contributed by atoms with Gasteiger partial charge in [0.2, 0.25) is 0 Å². The summed E-state index contributed by atoms with van der Waals surface area (Å²) in [4.78, 5) is 10.6. The summed E-state index contributed by atoms with van der Waals surface area (Å²) in [7, 11) is 0. The van der Waals surface area contributed by atoms with Crippen molar-refractivity contribution in [3.05, 3.63) is 0 Å². The fourth-order valence-electron chi connectivity index (χ4n) is 1.55. The molecular formula is C9H18N2O. The molecule has 0 spiro atoms. The molecule has 1 aliphatic heterocycles. The lowest BCUT2D eigenvalue weighted by atomic mass is 10.00. The molecule has 3 nitrogen and oxygen atoms in total. The Labute approximate surface area is 73.9 Å². The molecule has 3 heteroatoms. The summed E-state index contributed by atoms with van der Waals surface area (Å²) in [5.74, 6) is 0.942. The minimum absolute atomic E-state index is 0.221. The van der Waals surface area contributed by atoms with Gasteiger partial charge in [-0.25, -0.2) is 0 Å². The fourth-order valence-corrected chi connectivity index (χ4v) is 1.55. The highest BCUT2D eigenvalue weighted by Crippen LogP contribution is 2.07. The summed E-state index contributed by atoms with van der Waals surface area (Å²) in [5.41, 5.74) is 0. The average molecular weight is 170 g/mol. The molecular weight excluding hydrogens is 152 g/mol. The molecule has 0 aromatic carbocycles. The maximum absolute atomic E-state index is 10.6. The predicted molar refractivity (Wildman–Crippen MR) is 49.1 cm³/mol. The minimum atomic E-state index is 0.221. The van der Waals surface area contributed by atoms with Gasteiger partial charge in [-0.2, -0.15) is 0 Å². The Kier molecular flexibility index (Phi) is 4.25. The first-order valence-corrected chi connectivity index (χ1v) is 4.70. The van der Waals surface area contributed by atoms with Crippen LogP contribution in [0.5, 0.6) is 0 Å². The lowest BCUT2D eigenvalue weighted by molar-refractivity contribution is -0.116. The SMILES string of the molecule is CC(=O)CNCC1CCCNC1. The predicted octanol–water partition coefficient (Wildman–Crippen LogP) is 0.165. The quantitative estimate of drug-likeness (QED) is 0.631. The van der Waals surface area contributed by atoms with Gasteiger partial charge < -0.3 is 10.6 Å². The van der Waals surface area contributed by atoms with Gasteiger partial charge in [0.05, 0.1) is 6.54 Å². The van der Waals surface area contributed by atoms with Crippen LogP contribution in [0.15, 0.2) is 0 Å². The number of rotatable bonds is 4. The number of hydrogen-bond acceptors (Lipinski definition) is 3. The Morgan fingerprint density at radius 2 is 2.50 bits per heavy atom. The largest absolute Gasteiger partial charge is 0.316 e. The lowest BCUT2D eigenvalue weighted by Crippen LogP contribution is -2.37. The lowest BCUT2D eigenvalue weighted by Gasteiger charge is -2.22. The van der Waals surface area contributed by atoms with E-state index in [2.05, 4.69) is 10.6 Å².